The van der Waals surface area contributed by atoms with Crippen LogP contribution in [0.1, 0.15) is 51.5 Å². The third kappa shape index (κ3) is 4.75. The zero-order valence-corrected chi connectivity index (χ0v) is 16.4. The van der Waals surface area contributed by atoms with E-state index in [0.29, 0.717) is 24.3 Å². The lowest BCUT2D eigenvalue weighted by Gasteiger charge is -2.31. The standard InChI is InChI=1S/C21H26N2O5/c1-20(2)11-15-7-6-8-16(19(15)28-20)26-13-18(25)27-12-17(24)23-21(14-22)9-4-3-5-10-21/h6-8H,3-5,9-13H2,1-2H3,(H,23,24). The Hall–Kier alpha value is -2.75. The Labute approximate surface area is 164 Å². The highest BCUT2D eigenvalue weighted by molar-refractivity contribution is 5.81. The SMILES string of the molecule is CC1(C)Cc2cccc(OCC(=O)OCC(=O)NC3(C#N)CCCCC3)c2O1. The summed E-state index contributed by atoms with van der Waals surface area (Å²) in [5.74, 6) is 0.00330. The van der Waals surface area contributed by atoms with Crippen molar-refractivity contribution in [3.05, 3.63) is 23.8 Å². The fourth-order valence-electron chi connectivity index (χ4n) is 3.75. The fourth-order valence-corrected chi connectivity index (χ4v) is 3.75. The first-order valence-electron chi connectivity index (χ1n) is 9.64. The van der Waals surface area contributed by atoms with E-state index in [1.165, 1.54) is 0 Å². The van der Waals surface area contributed by atoms with E-state index in [2.05, 4.69) is 11.4 Å². The number of fused-ring (bicyclic) bond motifs is 1. The van der Waals surface area contributed by atoms with Gasteiger partial charge in [0, 0.05) is 12.0 Å². The maximum absolute atomic E-state index is 12.1. The molecule has 0 spiro atoms. The predicted molar refractivity (Wildman–Crippen MR) is 101 cm³/mol. The molecule has 7 heteroatoms. The van der Waals surface area contributed by atoms with Gasteiger partial charge in [0.15, 0.2) is 24.7 Å². The van der Waals surface area contributed by atoms with E-state index in [0.717, 1.165) is 31.2 Å². The second-order valence-electron chi connectivity index (χ2n) is 8.04. The number of nitrogens with zero attached hydrogens (tertiary/aromatic N) is 1. The van der Waals surface area contributed by atoms with Crippen molar-refractivity contribution < 1.29 is 23.8 Å². The third-order valence-electron chi connectivity index (χ3n) is 5.06. The number of nitrogens with one attached hydrogen (secondary N) is 1. The molecule has 0 saturated heterocycles. The summed E-state index contributed by atoms with van der Waals surface area (Å²) in [7, 11) is 0. The molecule has 1 aliphatic carbocycles. The molecule has 150 valence electrons. The smallest absolute Gasteiger partial charge is 0.344 e. The number of benzene rings is 1. The minimum absolute atomic E-state index is 0.309. The number of nitriles is 1. The predicted octanol–water partition coefficient (Wildman–Crippen LogP) is 2.66. The molecule has 1 aromatic carbocycles. The van der Waals surface area contributed by atoms with Crippen molar-refractivity contribution in [2.45, 2.75) is 63.5 Å². The lowest BCUT2D eigenvalue weighted by Crippen LogP contribution is -2.50. The first-order valence-corrected chi connectivity index (χ1v) is 9.64. The number of carbonyl (C=O) groups excluding carboxylic acids is 2. The van der Waals surface area contributed by atoms with Gasteiger partial charge in [0.2, 0.25) is 0 Å². The first-order chi connectivity index (χ1) is 13.3. The average molecular weight is 386 g/mol. The average Bonchev–Trinajstić information content (AvgIpc) is 2.99. The van der Waals surface area contributed by atoms with Gasteiger partial charge in [-0.1, -0.05) is 31.4 Å². The summed E-state index contributed by atoms with van der Waals surface area (Å²) in [5, 5.41) is 12.1. The van der Waals surface area contributed by atoms with Crippen LogP contribution in [0.2, 0.25) is 0 Å². The molecular formula is C21H26N2O5. The van der Waals surface area contributed by atoms with Crippen LogP contribution in [0.3, 0.4) is 0 Å². The van der Waals surface area contributed by atoms with Gasteiger partial charge in [0.1, 0.15) is 11.1 Å². The molecular weight excluding hydrogens is 360 g/mol. The molecule has 0 atom stereocenters. The van der Waals surface area contributed by atoms with Crippen molar-refractivity contribution in [3.63, 3.8) is 0 Å². The van der Waals surface area contributed by atoms with Crippen LogP contribution >= 0.6 is 0 Å². The van der Waals surface area contributed by atoms with E-state index in [9.17, 15) is 14.9 Å². The van der Waals surface area contributed by atoms with Crippen molar-refractivity contribution >= 4 is 11.9 Å². The molecule has 1 heterocycles. The van der Waals surface area contributed by atoms with Crippen molar-refractivity contribution in [1.29, 1.82) is 5.26 Å². The summed E-state index contributed by atoms with van der Waals surface area (Å²) in [4.78, 5) is 24.0. The molecule has 1 saturated carbocycles. The normalized spacial score (nSPS) is 18.9. The molecule has 0 aromatic heterocycles. The van der Waals surface area contributed by atoms with E-state index in [1.807, 2.05) is 26.0 Å². The number of para-hydroxylation sites is 1. The van der Waals surface area contributed by atoms with E-state index in [-0.39, 0.29) is 12.2 Å². The van der Waals surface area contributed by atoms with Crippen LogP contribution in [0.4, 0.5) is 0 Å². The summed E-state index contributed by atoms with van der Waals surface area (Å²) in [6, 6.07) is 7.76. The molecule has 28 heavy (non-hydrogen) atoms. The largest absolute Gasteiger partial charge is 0.483 e. The van der Waals surface area contributed by atoms with Crippen LogP contribution < -0.4 is 14.8 Å². The third-order valence-corrected chi connectivity index (χ3v) is 5.06. The minimum atomic E-state index is -0.840. The molecule has 1 aromatic rings. The molecule has 1 fully saturated rings. The molecule has 1 amide bonds. The van der Waals surface area contributed by atoms with Crippen LogP contribution in [0.15, 0.2) is 18.2 Å². The molecule has 7 nitrogen and oxygen atoms in total. The monoisotopic (exact) mass is 386 g/mol. The van der Waals surface area contributed by atoms with Gasteiger partial charge in [0.25, 0.3) is 5.91 Å². The summed E-state index contributed by atoms with van der Waals surface area (Å²) in [6.07, 6.45) is 4.90. The summed E-state index contributed by atoms with van der Waals surface area (Å²) >= 11 is 0. The van der Waals surface area contributed by atoms with Gasteiger partial charge in [-0.2, -0.15) is 5.26 Å². The maximum atomic E-state index is 12.1. The number of hydrogen-bond acceptors (Lipinski definition) is 6. The zero-order chi connectivity index (χ0) is 20.2. The zero-order valence-electron chi connectivity index (χ0n) is 16.4. The number of amides is 1. The fraction of sp³-hybridized carbons (Fsp3) is 0.571. The Bertz CT molecular complexity index is 790. The highest BCUT2D eigenvalue weighted by Crippen LogP contribution is 2.41. The van der Waals surface area contributed by atoms with Crippen LogP contribution in [-0.4, -0.2) is 36.2 Å². The van der Waals surface area contributed by atoms with E-state index in [4.69, 9.17) is 14.2 Å². The van der Waals surface area contributed by atoms with Gasteiger partial charge in [-0.05, 0) is 32.8 Å². The topological polar surface area (TPSA) is 97.6 Å². The molecule has 3 rings (SSSR count). The van der Waals surface area contributed by atoms with Gasteiger partial charge in [-0.25, -0.2) is 4.79 Å². The van der Waals surface area contributed by atoms with Crippen molar-refractivity contribution in [2.24, 2.45) is 0 Å². The number of rotatable bonds is 6. The van der Waals surface area contributed by atoms with Gasteiger partial charge >= 0.3 is 5.97 Å². The van der Waals surface area contributed by atoms with Crippen LogP contribution in [0.25, 0.3) is 0 Å². The van der Waals surface area contributed by atoms with Crippen molar-refractivity contribution in [1.82, 2.24) is 5.32 Å². The lowest BCUT2D eigenvalue weighted by atomic mass is 9.83. The highest BCUT2D eigenvalue weighted by Gasteiger charge is 2.34. The Morgan fingerprint density at radius 2 is 1.96 bits per heavy atom. The summed E-state index contributed by atoms with van der Waals surface area (Å²) in [6.45, 7) is 3.23. The maximum Gasteiger partial charge on any atom is 0.344 e. The van der Waals surface area contributed by atoms with Crippen LogP contribution in [-0.2, 0) is 20.7 Å². The van der Waals surface area contributed by atoms with E-state index >= 15 is 0 Å². The molecule has 1 aliphatic heterocycles. The van der Waals surface area contributed by atoms with E-state index in [1.54, 1.807) is 6.07 Å². The Balaban J connectivity index is 1.46. The van der Waals surface area contributed by atoms with Gasteiger partial charge < -0.3 is 19.5 Å². The Morgan fingerprint density at radius 3 is 2.68 bits per heavy atom. The Morgan fingerprint density at radius 1 is 1.21 bits per heavy atom. The summed E-state index contributed by atoms with van der Waals surface area (Å²) in [5.41, 5.74) is -0.118. The van der Waals surface area contributed by atoms with Gasteiger partial charge in [-0.15, -0.1) is 0 Å². The summed E-state index contributed by atoms with van der Waals surface area (Å²) < 4.78 is 16.4. The minimum Gasteiger partial charge on any atom is -0.483 e. The molecule has 1 N–H and O–H groups in total. The first kappa shape index (κ1) is 20.0. The van der Waals surface area contributed by atoms with Gasteiger partial charge in [-0.3, -0.25) is 4.79 Å². The van der Waals surface area contributed by atoms with Crippen LogP contribution in [0, 0.1) is 11.3 Å². The number of carbonyl (C=O) groups is 2. The van der Waals surface area contributed by atoms with Crippen molar-refractivity contribution in [3.8, 4) is 17.6 Å². The number of hydrogen-bond donors (Lipinski definition) is 1. The molecule has 2 aliphatic rings. The van der Waals surface area contributed by atoms with Crippen LogP contribution in [0.5, 0.6) is 11.5 Å². The van der Waals surface area contributed by atoms with E-state index < -0.39 is 24.0 Å². The number of esters is 1. The van der Waals surface area contributed by atoms with Gasteiger partial charge in [0.05, 0.1) is 6.07 Å². The second kappa shape index (κ2) is 8.09. The quantitative estimate of drug-likeness (QED) is 0.755. The Kier molecular flexibility index (Phi) is 5.78. The molecule has 0 unspecified atom stereocenters. The van der Waals surface area contributed by atoms with Crippen molar-refractivity contribution in [2.75, 3.05) is 13.2 Å². The molecule has 0 bridgehead atoms. The lowest BCUT2D eigenvalue weighted by molar-refractivity contribution is -0.150. The number of ether oxygens (including phenoxy) is 3. The highest BCUT2D eigenvalue weighted by atomic mass is 16.6. The molecule has 0 radical (unpaired) electrons. The second-order valence-corrected chi connectivity index (χ2v) is 8.04.